The summed E-state index contributed by atoms with van der Waals surface area (Å²) in [6, 6.07) is 0. The molecule has 0 spiro atoms. The number of amides is 1. The monoisotopic (exact) mass is 297 g/mol. The number of thiazole rings is 1. The third-order valence-electron chi connectivity index (χ3n) is 3.47. The van der Waals surface area contributed by atoms with E-state index < -0.39 is 5.97 Å². The molecule has 7 heteroatoms. The van der Waals surface area contributed by atoms with Gasteiger partial charge in [0.15, 0.2) is 5.13 Å². The first kappa shape index (κ1) is 14.8. The highest BCUT2D eigenvalue weighted by Crippen LogP contribution is 2.26. The lowest BCUT2D eigenvalue weighted by molar-refractivity contribution is -0.141. The molecule has 0 radical (unpaired) electrons. The molecular formula is C13H19N3O3S. The number of carboxylic acids is 1. The second-order valence-electron chi connectivity index (χ2n) is 4.90. The molecular weight excluding hydrogens is 278 g/mol. The summed E-state index contributed by atoms with van der Waals surface area (Å²) in [5.74, 6) is -0.996. The third-order valence-corrected chi connectivity index (χ3v) is 4.61. The average molecular weight is 297 g/mol. The Labute approximate surface area is 122 Å². The lowest BCUT2D eigenvalue weighted by Gasteiger charge is -2.34. The van der Waals surface area contributed by atoms with Gasteiger partial charge in [0.1, 0.15) is 0 Å². The fourth-order valence-electron chi connectivity index (χ4n) is 2.11. The zero-order valence-electron chi connectivity index (χ0n) is 11.8. The van der Waals surface area contributed by atoms with Crippen molar-refractivity contribution in [3.05, 3.63) is 10.6 Å². The van der Waals surface area contributed by atoms with Gasteiger partial charge in [0, 0.05) is 37.5 Å². The number of aliphatic carboxylic acids is 1. The Bertz CT molecular complexity index is 487. The minimum Gasteiger partial charge on any atom is -0.481 e. The fraction of sp³-hybridized carbons (Fsp3) is 0.615. The highest BCUT2D eigenvalue weighted by Gasteiger charge is 2.23. The number of aryl methyl sites for hydroxylation is 2. The van der Waals surface area contributed by atoms with Gasteiger partial charge in [0.25, 0.3) is 0 Å². The van der Waals surface area contributed by atoms with Gasteiger partial charge >= 0.3 is 5.97 Å². The Morgan fingerprint density at radius 3 is 2.35 bits per heavy atom. The van der Waals surface area contributed by atoms with Crippen molar-refractivity contribution in [1.82, 2.24) is 9.88 Å². The molecule has 0 unspecified atom stereocenters. The largest absolute Gasteiger partial charge is 0.481 e. The molecule has 1 amide bonds. The number of nitrogens with zero attached hydrogens (tertiary/aromatic N) is 3. The zero-order chi connectivity index (χ0) is 14.7. The van der Waals surface area contributed by atoms with Crippen LogP contribution in [0.15, 0.2) is 0 Å². The van der Waals surface area contributed by atoms with Gasteiger partial charge in [-0.1, -0.05) is 0 Å². The van der Waals surface area contributed by atoms with E-state index in [1.165, 1.54) is 4.88 Å². The highest BCUT2D eigenvalue weighted by molar-refractivity contribution is 7.15. The number of rotatable bonds is 4. The Hall–Kier alpha value is -1.63. The standard InChI is InChI=1S/C13H19N3O3S/c1-9-10(2)20-13(14-9)16-7-5-15(6-8-16)11(17)3-4-12(18)19/h3-8H2,1-2H3,(H,18,19). The number of carbonyl (C=O) groups excluding carboxylic acids is 1. The quantitative estimate of drug-likeness (QED) is 0.906. The van der Waals surface area contributed by atoms with Crippen LogP contribution in [0.5, 0.6) is 0 Å². The van der Waals surface area contributed by atoms with Crippen LogP contribution in [0.25, 0.3) is 0 Å². The number of aromatic nitrogens is 1. The minimum absolute atomic E-state index is 0.0708. The lowest BCUT2D eigenvalue weighted by Crippen LogP contribution is -2.48. The number of carboxylic acid groups (broad SMARTS) is 1. The van der Waals surface area contributed by atoms with E-state index in [-0.39, 0.29) is 18.7 Å². The van der Waals surface area contributed by atoms with Crippen LogP contribution in [0.1, 0.15) is 23.4 Å². The second kappa shape index (κ2) is 6.21. The number of carbonyl (C=O) groups is 2. The van der Waals surface area contributed by atoms with E-state index in [0.29, 0.717) is 13.1 Å². The molecule has 1 aromatic rings. The summed E-state index contributed by atoms with van der Waals surface area (Å²) in [5.41, 5.74) is 1.06. The molecule has 0 aliphatic carbocycles. The Morgan fingerprint density at radius 2 is 1.85 bits per heavy atom. The fourth-order valence-corrected chi connectivity index (χ4v) is 3.07. The van der Waals surface area contributed by atoms with Crippen molar-refractivity contribution in [2.75, 3.05) is 31.1 Å². The molecule has 110 valence electrons. The number of anilines is 1. The van der Waals surface area contributed by atoms with E-state index in [1.807, 2.05) is 6.92 Å². The summed E-state index contributed by atoms with van der Waals surface area (Å²) < 4.78 is 0. The van der Waals surface area contributed by atoms with Gasteiger partial charge in [-0.2, -0.15) is 0 Å². The Balaban J connectivity index is 1.86. The van der Waals surface area contributed by atoms with Gasteiger partial charge in [-0.05, 0) is 13.8 Å². The molecule has 0 aromatic carbocycles. The molecule has 1 aliphatic heterocycles. The van der Waals surface area contributed by atoms with E-state index in [0.717, 1.165) is 23.9 Å². The molecule has 1 aliphatic rings. The van der Waals surface area contributed by atoms with Crippen LogP contribution in [0.2, 0.25) is 0 Å². The van der Waals surface area contributed by atoms with Gasteiger partial charge in [-0.25, -0.2) is 4.98 Å². The van der Waals surface area contributed by atoms with Crippen LogP contribution in [0.3, 0.4) is 0 Å². The summed E-state index contributed by atoms with van der Waals surface area (Å²) in [4.78, 5) is 32.0. The Morgan fingerprint density at radius 1 is 1.20 bits per heavy atom. The number of piperazine rings is 1. The predicted molar refractivity (Wildman–Crippen MR) is 77.3 cm³/mol. The van der Waals surface area contributed by atoms with Crippen LogP contribution in [0.4, 0.5) is 5.13 Å². The van der Waals surface area contributed by atoms with Crippen molar-refractivity contribution in [3.63, 3.8) is 0 Å². The summed E-state index contributed by atoms with van der Waals surface area (Å²) >= 11 is 1.68. The number of hydrogen-bond donors (Lipinski definition) is 1. The average Bonchev–Trinajstić information content (AvgIpc) is 2.76. The third kappa shape index (κ3) is 3.47. The van der Waals surface area contributed by atoms with E-state index in [2.05, 4.69) is 16.8 Å². The van der Waals surface area contributed by atoms with Crippen molar-refractivity contribution in [1.29, 1.82) is 0 Å². The van der Waals surface area contributed by atoms with Crippen LogP contribution in [-0.2, 0) is 9.59 Å². The molecule has 0 atom stereocenters. The van der Waals surface area contributed by atoms with Crippen LogP contribution < -0.4 is 4.90 Å². The maximum Gasteiger partial charge on any atom is 0.303 e. The maximum absolute atomic E-state index is 11.8. The van der Waals surface area contributed by atoms with E-state index >= 15 is 0 Å². The van der Waals surface area contributed by atoms with Gasteiger partial charge in [-0.3, -0.25) is 9.59 Å². The lowest BCUT2D eigenvalue weighted by atomic mass is 10.2. The minimum atomic E-state index is -0.925. The van der Waals surface area contributed by atoms with Crippen molar-refractivity contribution >= 4 is 28.3 Å². The molecule has 1 aromatic heterocycles. The summed E-state index contributed by atoms with van der Waals surface area (Å²) in [6.07, 6.45) is -0.00524. The van der Waals surface area contributed by atoms with Crippen LogP contribution in [-0.4, -0.2) is 53.0 Å². The normalized spacial score (nSPS) is 15.5. The van der Waals surface area contributed by atoms with E-state index in [9.17, 15) is 9.59 Å². The maximum atomic E-state index is 11.8. The second-order valence-corrected chi connectivity index (χ2v) is 6.08. The van der Waals surface area contributed by atoms with Crippen molar-refractivity contribution < 1.29 is 14.7 Å². The van der Waals surface area contributed by atoms with Crippen LogP contribution >= 0.6 is 11.3 Å². The molecule has 6 nitrogen and oxygen atoms in total. The van der Waals surface area contributed by atoms with Crippen LogP contribution in [0, 0.1) is 13.8 Å². The topological polar surface area (TPSA) is 73.7 Å². The Kier molecular flexibility index (Phi) is 4.59. The first-order chi connectivity index (χ1) is 9.47. The molecule has 1 saturated heterocycles. The number of hydrogen-bond acceptors (Lipinski definition) is 5. The molecule has 0 bridgehead atoms. The zero-order valence-corrected chi connectivity index (χ0v) is 12.6. The summed E-state index contributed by atoms with van der Waals surface area (Å²) in [6.45, 7) is 6.84. The molecule has 2 heterocycles. The first-order valence-electron chi connectivity index (χ1n) is 6.66. The SMILES string of the molecule is Cc1nc(N2CCN(C(=O)CCC(=O)O)CC2)sc1C. The molecule has 20 heavy (non-hydrogen) atoms. The van der Waals surface area contributed by atoms with E-state index in [4.69, 9.17) is 5.11 Å². The molecule has 0 saturated carbocycles. The summed E-state index contributed by atoms with van der Waals surface area (Å²) in [5, 5.41) is 9.61. The molecule has 2 rings (SSSR count). The predicted octanol–water partition coefficient (Wildman–Crippen LogP) is 1.27. The van der Waals surface area contributed by atoms with E-state index in [1.54, 1.807) is 16.2 Å². The highest BCUT2D eigenvalue weighted by atomic mass is 32.1. The molecule has 1 fully saturated rings. The van der Waals surface area contributed by atoms with Crippen molar-refractivity contribution in [3.8, 4) is 0 Å². The van der Waals surface area contributed by atoms with Gasteiger partial charge in [0.05, 0.1) is 12.1 Å². The summed E-state index contributed by atoms with van der Waals surface area (Å²) in [7, 11) is 0. The van der Waals surface area contributed by atoms with Gasteiger partial charge in [-0.15, -0.1) is 11.3 Å². The van der Waals surface area contributed by atoms with Crippen molar-refractivity contribution in [2.45, 2.75) is 26.7 Å². The van der Waals surface area contributed by atoms with Gasteiger partial charge < -0.3 is 14.9 Å². The molecule has 1 N–H and O–H groups in total. The first-order valence-corrected chi connectivity index (χ1v) is 7.47. The smallest absolute Gasteiger partial charge is 0.303 e. The van der Waals surface area contributed by atoms with Gasteiger partial charge in [0.2, 0.25) is 5.91 Å². The van der Waals surface area contributed by atoms with Crippen molar-refractivity contribution in [2.24, 2.45) is 0 Å².